The van der Waals surface area contributed by atoms with E-state index in [-0.39, 0.29) is 11.7 Å². The summed E-state index contributed by atoms with van der Waals surface area (Å²) < 4.78 is 7.31. The molecule has 7 nitrogen and oxygen atoms in total. The Bertz CT molecular complexity index is 1350. The van der Waals surface area contributed by atoms with E-state index in [0.29, 0.717) is 25.1 Å². The van der Waals surface area contributed by atoms with Crippen LogP contribution in [0.15, 0.2) is 48.5 Å². The van der Waals surface area contributed by atoms with Crippen LogP contribution in [0.3, 0.4) is 0 Å². The van der Waals surface area contributed by atoms with E-state index in [2.05, 4.69) is 36.3 Å². The number of carbonyl (C=O) groups excluding carboxylic acids is 3. The molecule has 186 valence electrons. The topological polar surface area (TPSA) is 81.5 Å². The van der Waals surface area contributed by atoms with Crippen LogP contribution in [0.2, 0.25) is 0 Å². The molecule has 0 aliphatic carbocycles. The highest BCUT2D eigenvalue weighted by Crippen LogP contribution is 2.29. The van der Waals surface area contributed by atoms with Crippen LogP contribution in [0.1, 0.15) is 57.8 Å². The Hall–Kier alpha value is -4.00. The van der Waals surface area contributed by atoms with Crippen molar-refractivity contribution in [3.8, 4) is 0 Å². The van der Waals surface area contributed by atoms with Crippen molar-refractivity contribution in [2.45, 2.75) is 53.7 Å². The summed E-state index contributed by atoms with van der Waals surface area (Å²) in [6.07, 6.45) is 2.79. The Morgan fingerprint density at radius 2 is 1.81 bits per heavy atom. The molecule has 0 N–H and O–H groups in total. The number of carbonyl (C=O) groups is 3. The second-order valence-corrected chi connectivity index (χ2v) is 9.27. The van der Waals surface area contributed by atoms with Crippen LogP contribution in [0.5, 0.6) is 0 Å². The maximum atomic E-state index is 12.9. The Morgan fingerprint density at radius 3 is 2.50 bits per heavy atom. The second-order valence-electron chi connectivity index (χ2n) is 9.27. The van der Waals surface area contributed by atoms with Gasteiger partial charge in [0.1, 0.15) is 0 Å². The number of benzene rings is 2. The number of rotatable bonds is 7. The minimum atomic E-state index is -0.933. The fourth-order valence-electron chi connectivity index (χ4n) is 4.51. The third-order valence-electron chi connectivity index (χ3n) is 6.58. The fraction of sp³-hybridized carbons (Fsp3) is 0.310. The number of esters is 1. The Kier molecular flexibility index (Phi) is 7.20. The maximum Gasteiger partial charge on any atom is 0.331 e. The molecule has 2 heterocycles. The molecule has 1 unspecified atom stereocenters. The van der Waals surface area contributed by atoms with Gasteiger partial charge >= 0.3 is 5.97 Å². The summed E-state index contributed by atoms with van der Waals surface area (Å²) in [5.41, 5.74) is 7.21. The molecule has 0 saturated heterocycles. The monoisotopic (exact) mass is 485 g/mol. The van der Waals surface area contributed by atoms with Crippen LogP contribution >= 0.6 is 0 Å². The number of aryl methyl sites for hydroxylation is 2. The van der Waals surface area contributed by atoms with Gasteiger partial charge in [0.2, 0.25) is 11.7 Å². The highest BCUT2D eigenvalue weighted by Gasteiger charge is 2.25. The first kappa shape index (κ1) is 25.1. The van der Waals surface area contributed by atoms with Crippen molar-refractivity contribution >= 4 is 29.4 Å². The van der Waals surface area contributed by atoms with Crippen LogP contribution in [0, 0.1) is 20.8 Å². The molecule has 0 saturated carbocycles. The van der Waals surface area contributed by atoms with E-state index in [1.165, 1.54) is 18.6 Å². The molecule has 36 heavy (non-hydrogen) atoms. The van der Waals surface area contributed by atoms with Gasteiger partial charge in [-0.15, -0.1) is 0 Å². The van der Waals surface area contributed by atoms with Gasteiger partial charge in [-0.25, -0.2) is 4.79 Å². The van der Waals surface area contributed by atoms with Crippen molar-refractivity contribution in [3.05, 3.63) is 87.7 Å². The third-order valence-corrected chi connectivity index (χ3v) is 6.58. The number of hydrogen-bond acceptors (Lipinski definition) is 5. The summed E-state index contributed by atoms with van der Waals surface area (Å²) in [5, 5.41) is 4.61. The number of fused-ring (bicyclic) bond motifs is 1. The molecule has 3 aromatic rings. The number of ketones is 1. The summed E-state index contributed by atoms with van der Waals surface area (Å²) >= 11 is 0. The zero-order chi connectivity index (χ0) is 26.0. The molecule has 1 aromatic heterocycles. The number of amides is 1. The summed E-state index contributed by atoms with van der Waals surface area (Å²) in [6, 6.07) is 13.6. The van der Waals surface area contributed by atoms with Gasteiger partial charge in [0.15, 0.2) is 6.10 Å². The lowest BCUT2D eigenvalue weighted by Crippen LogP contribution is -2.26. The molecule has 0 radical (unpaired) electrons. The lowest BCUT2D eigenvalue weighted by atomic mass is 10.0. The first-order chi connectivity index (χ1) is 17.1. The molecule has 7 heteroatoms. The van der Waals surface area contributed by atoms with Crippen LogP contribution < -0.4 is 4.90 Å². The van der Waals surface area contributed by atoms with Crippen molar-refractivity contribution in [2.75, 3.05) is 11.4 Å². The zero-order valence-corrected chi connectivity index (χ0v) is 21.4. The smallest absolute Gasteiger partial charge is 0.331 e. The molecule has 0 fully saturated rings. The van der Waals surface area contributed by atoms with Crippen LogP contribution in [-0.2, 0) is 27.3 Å². The van der Waals surface area contributed by atoms with Crippen LogP contribution in [0.25, 0.3) is 6.08 Å². The van der Waals surface area contributed by atoms with E-state index in [0.717, 1.165) is 33.8 Å². The predicted octanol–water partition coefficient (Wildman–Crippen LogP) is 4.59. The Morgan fingerprint density at radius 1 is 1.08 bits per heavy atom. The number of Topliss-reactive ketones (excluding diaryl/α,β-unsaturated/α-hetero) is 1. The first-order valence-electron chi connectivity index (χ1n) is 12.1. The van der Waals surface area contributed by atoms with Crippen LogP contribution in [0.4, 0.5) is 5.69 Å². The molecule has 2 aromatic carbocycles. The number of hydrogen-bond donors (Lipinski definition) is 0. The lowest BCUT2D eigenvalue weighted by molar-refractivity contribution is -0.140. The number of anilines is 1. The largest absolute Gasteiger partial charge is 0.451 e. The van der Waals surface area contributed by atoms with Crippen molar-refractivity contribution in [1.29, 1.82) is 0 Å². The van der Waals surface area contributed by atoms with E-state index in [9.17, 15) is 14.4 Å². The van der Waals surface area contributed by atoms with Crippen molar-refractivity contribution < 1.29 is 19.1 Å². The van der Waals surface area contributed by atoms with Gasteiger partial charge in [0, 0.05) is 42.1 Å². The standard InChI is InChI=1S/C29H31N3O4/c1-18-6-8-23(9-7-18)17-32-20(3)26(19(2)30-32)11-13-28(34)36-21(4)29(35)25-10-12-27-24(16-25)14-15-31(27)22(5)33/h6-13,16,21H,14-15,17H2,1-5H3/b13-11+. The Labute approximate surface area is 211 Å². The van der Waals surface area contributed by atoms with E-state index in [1.54, 1.807) is 36.1 Å². The number of nitrogens with zero attached hydrogens (tertiary/aromatic N) is 3. The third kappa shape index (κ3) is 5.30. The highest BCUT2D eigenvalue weighted by atomic mass is 16.5. The van der Waals surface area contributed by atoms with Gasteiger partial charge in [-0.3, -0.25) is 14.3 Å². The van der Waals surface area contributed by atoms with Crippen molar-refractivity contribution in [2.24, 2.45) is 0 Å². The summed E-state index contributed by atoms with van der Waals surface area (Å²) in [5.74, 6) is -0.892. The predicted molar refractivity (Wildman–Crippen MR) is 139 cm³/mol. The fourth-order valence-corrected chi connectivity index (χ4v) is 4.51. The van der Waals surface area contributed by atoms with Gasteiger partial charge in [-0.1, -0.05) is 29.8 Å². The van der Waals surface area contributed by atoms with E-state index in [4.69, 9.17) is 4.74 Å². The molecule has 4 rings (SSSR count). The summed E-state index contributed by atoms with van der Waals surface area (Å²) in [6.45, 7) is 10.3. The molecular weight excluding hydrogens is 454 g/mol. The molecule has 1 amide bonds. The molecule has 1 aliphatic heterocycles. The summed E-state index contributed by atoms with van der Waals surface area (Å²) in [7, 11) is 0. The SMILES string of the molecule is CC(=O)N1CCc2cc(C(=O)C(C)OC(=O)/C=C/c3c(C)nn(Cc4ccc(C)cc4)c3C)ccc21. The quantitative estimate of drug-likeness (QED) is 0.278. The van der Waals surface area contributed by atoms with Crippen molar-refractivity contribution in [1.82, 2.24) is 9.78 Å². The molecule has 1 atom stereocenters. The minimum absolute atomic E-state index is 0.0203. The average molecular weight is 486 g/mol. The van der Waals surface area contributed by atoms with Crippen LogP contribution in [-0.4, -0.2) is 40.1 Å². The normalized spacial score (nSPS) is 13.6. The minimum Gasteiger partial charge on any atom is -0.451 e. The number of ether oxygens (including phenoxy) is 1. The second kappa shape index (κ2) is 10.3. The zero-order valence-electron chi connectivity index (χ0n) is 21.4. The maximum absolute atomic E-state index is 12.9. The molecular formula is C29H31N3O4. The van der Waals surface area contributed by atoms with E-state index in [1.807, 2.05) is 18.5 Å². The Balaban J connectivity index is 1.40. The summed E-state index contributed by atoms with van der Waals surface area (Å²) in [4.78, 5) is 38.8. The van der Waals surface area contributed by atoms with Gasteiger partial charge in [0.05, 0.1) is 12.2 Å². The molecule has 0 bridgehead atoms. The average Bonchev–Trinajstić information content (AvgIpc) is 3.38. The molecule has 0 spiro atoms. The van der Waals surface area contributed by atoms with Gasteiger partial charge in [0.25, 0.3) is 0 Å². The van der Waals surface area contributed by atoms with Gasteiger partial charge < -0.3 is 9.64 Å². The van der Waals surface area contributed by atoms with Gasteiger partial charge in [-0.05, 0) is 69.5 Å². The highest BCUT2D eigenvalue weighted by molar-refractivity contribution is 6.02. The lowest BCUT2D eigenvalue weighted by Gasteiger charge is -2.15. The molecule has 1 aliphatic rings. The first-order valence-corrected chi connectivity index (χ1v) is 12.1. The number of aromatic nitrogens is 2. The van der Waals surface area contributed by atoms with Gasteiger partial charge in [-0.2, -0.15) is 5.10 Å². The van der Waals surface area contributed by atoms with E-state index < -0.39 is 12.1 Å². The van der Waals surface area contributed by atoms with E-state index >= 15 is 0 Å². The van der Waals surface area contributed by atoms with Crippen molar-refractivity contribution in [3.63, 3.8) is 0 Å².